The summed E-state index contributed by atoms with van der Waals surface area (Å²) in [6.07, 6.45) is 3.76. The number of nitrogens with one attached hydrogen (secondary N) is 1. The highest BCUT2D eigenvalue weighted by Crippen LogP contribution is 2.21. The molecular weight excluding hydrogens is 294 g/mol. The van der Waals surface area contributed by atoms with Crippen molar-refractivity contribution in [3.05, 3.63) is 83.8 Å². The second kappa shape index (κ2) is 6.28. The van der Waals surface area contributed by atoms with E-state index >= 15 is 0 Å². The summed E-state index contributed by atoms with van der Waals surface area (Å²) in [7, 11) is 0. The molecule has 4 rings (SSSR count). The molecule has 0 aliphatic rings. The van der Waals surface area contributed by atoms with Gasteiger partial charge in [-0.3, -0.25) is 0 Å². The Morgan fingerprint density at radius 3 is 2.46 bits per heavy atom. The van der Waals surface area contributed by atoms with Crippen molar-refractivity contribution < 1.29 is 0 Å². The molecule has 0 fully saturated rings. The van der Waals surface area contributed by atoms with Gasteiger partial charge in [-0.15, -0.1) is 0 Å². The quantitative estimate of drug-likeness (QED) is 0.592. The van der Waals surface area contributed by atoms with Crippen LogP contribution in [0.15, 0.2) is 66.9 Å². The van der Waals surface area contributed by atoms with Crippen molar-refractivity contribution in [2.24, 2.45) is 0 Å². The average molecular weight is 313 g/mol. The fourth-order valence-electron chi connectivity index (χ4n) is 2.87. The lowest BCUT2D eigenvalue weighted by Crippen LogP contribution is -1.93. The van der Waals surface area contributed by atoms with Gasteiger partial charge in [0.1, 0.15) is 5.82 Å². The summed E-state index contributed by atoms with van der Waals surface area (Å²) in [5.74, 6) is 0.989. The van der Waals surface area contributed by atoms with Gasteiger partial charge in [0.15, 0.2) is 5.65 Å². The van der Waals surface area contributed by atoms with E-state index in [2.05, 4.69) is 64.3 Å². The lowest BCUT2D eigenvalue weighted by atomic mass is 10.1. The molecule has 0 saturated carbocycles. The van der Waals surface area contributed by atoms with Crippen LogP contribution >= 0.6 is 0 Å². The van der Waals surface area contributed by atoms with Gasteiger partial charge in [0, 0.05) is 18.2 Å². The first-order chi connectivity index (χ1) is 11.8. The van der Waals surface area contributed by atoms with Crippen LogP contribution in [-0.4, -0.2) is 15.0 Å². The zero-order chi connectivity index (χ0) is 16.4. The number of hydrogen-bond donors (Lipinski definition) is 1. The fraction of sp³-hybridized carbons (Fsp3) is 0.143. The summed E-state index contributed by atoms with van der Waals surface area (Å²) >= 11 is 0. The molecule has 2 aromatic heterocycles. The van der Waals surface area contributed by atoms with Crippen LogP contribution in [-0.2, 0) is 12.8 Å². The summed E-state index contributed by atoms with van der Waals surface area (Å²) in [5.41, 5.74) is 6.68. The topological polar surface area (TPSA) is 41.6 Å². The first kappa shape index (κ1) is 14.6. The summed E-state index contributed by atoms with van der Waals surface area (Å²) in [6.45, 7) is 2.11. The third-order valence-electron chi connectivity index (χ3n) is 4.26. The van der Waals surface area contributed by atoms with Crippen LogP contribution in [0.2, 0.25) is 0 Å². The van der Waals surface area contributed by atoms with Gasteiger partial charge < -0.3 is 4.98 Å². The maximum atomic E-state index is 4.61. The van der Waals surface area contributed by atoms with Crippen LogP contribution in [0.25, 0.3) is 22.3 Å². The Hall–Kier alpha value is -2.94. The zero-order valence-corrected chi connectivity index (χ0v) is 13.7. The van der Waals surface area contributed by atoms with E-state index in [4.69, 9.17) is 0 Å². The van der Waals surface area contributed by atoms with Crippen molar-refractivity contribution in [2.45, 2.75) is 19.8 Å². The molecule has 3 nitrogen and oxygen atoms in total. The molecular formula is C21H19N3. The van der Waals surface area contributed by atoms with Gasteiger partial charge in [-0.2, -0.15) is 0 Å². The van der Waals surface area contributed by atoms with Gasteiger partial charge >= 0.3 is 0 Å². The molecule has 1 N–H and O–H groups in total. The van der Waals surface area contributed by atoms with E-state index in [1.165, 1.54) is 16.7 Å². The largest absolute Gasteiger partial charge is 0.341 e. The Labute approximate surface area is 141 Å². The van der Waals surface area contributed by atoms with Crippen LogP contribution < -0.4 is 0 Å². The molecule has 118 valence electrons. The van der Waals surface area contributed by atoms with Crippen LogP contribution in [0, 0.1) is 6.92 Å². The van der Waals surface area contributed by atoms with Gasteiger partial charge in [-0.25, -0.2) is 9.97 Å². The Morgan fingerprint density at radius 1 is 0.875 bits per heavy atom. The number of nitrogens with zero attached hydrogens (tertiary/aromatic N) is 2. The molecule has 0 amide bonds. The fourth-order valence-corrected chi connectivity index (χ4v) is 2.87. The lowest BCUT2D eigenvalue weighted by Gasteiger charge is -2.00. The monoisotopic (exact) mass is 313 g/mol. The van der Waals surface area contributed by atoms with Gasteiger partial charge in [-0.1, -0.05) is 60.2 Å². The second-order valence-electron chi connectivity index (χ2n) is 6.13. The Balaban J connectivity index is 1.56. The van der Waals surface area contributed by atoms with E-state index < -0.39 is 0 Å². The standard InChI is InChI=1S/C21H19N3/c1-15-7-9-16(10-8-15)11-12-20-23-19-13-18(14-22-21(19)24-20)17-5-3-2-4-6-17/h2-10,13-14H,11-12H2,1H3,(H,22,23,24). The zero-order valence-electron chi connectivity index (χ0n) is 13.7. The Morgan fingerprint density at radius 2 is 1.67 bits per heavy atom. The van der Waals surface area contributed by atoms with E-state index in [9.17, 15) is 0 Å². The van der Waals surface area contributed by atoms with E-state index in [0.717, 1.165) is 35.4 Å². The molecule has 0 saturated heterocycles. The average Bonchev–Trinajstić information content (AvgIpc) is 3.04. The molecule has 3 heteroatoms. The molecule has 0 spiro atoms. The number of aromatic amines is 1. The minimum Gasteiger partial charge on any atom is -0.341 e. The van der Waals surface area contributed by atoms with Gasteiger partial charge in [0.2, 0.25) is 0 Å². The van der Waals surface area contributed by atoms with E-state index in [0.29, 0.717) is 0 Å². The molecule has 0 atom stereocenters. The van der Waals surface area contributed by atoms with Crippen molar-refractivity contribution in [3.8, 4) is 11.1 Å². The maximum Gasteiger partial charge on any atom is 0.177 e. The number of aryl methyl sites for hydroxylation is 3. The molecule has 2 aromatic carbocycles. The molecule has 0 radical (unpaired) electrons. The summed E-state index contributed by atoms with van der Waals surface area (Å²) in [6, 6.07) is 21.1. The first-order valence-corrected chi connectivity index (χ1v) is 8.23. The van der Waals surface area contributed by atoms with Crippen LogP contribution in [0.5, 0.6) is 0 Å². The number of rotatable bonds is 4. The number of imidazole rings is 1. The molecule has 2 heterocycles. The minimum atomic E-state index is 0.786. The van der Waals surface area contributed by atoms with Gasteiger partial charge in [-0.05, 0) is 30.5 Å². The number of pyridine rings is 1. The smallest absolute Gasteiger partial charge is 0.177 e. The normalized spacial score (nSPS) is 11.0. The van der Waals surface area contributed by atoms with Crippen molar-refractivity contribution in [2.75, 3.05) is 0 Å². The highest BCUT2D eigenvalue weighted by molar-refractivity contribution is 5.78. The highest BCUT2D eigenvalue weighted by atomic mass is 15.0. The second-order valence-corrected chi connectivity index (χ2v) is 6.13. The molecule has 0 aliphatic carbocycles. The highest BCUT2D eigenvalue weighted by Gasteiger charge is 2.06. The van der Waals surface area contributed by atoms with Crippen molar-refractivity contribution in [1.82, 2.24) is 15.0 Å². The van der Waals surface area contributed by atoms with Crippen LogP contribution in [0.3, 0.4) is 0 Å². The third-order valence-corrected chi connectivity index (χ3v) is 4.26. The number of benzene rings is 2. The number of fused-ring (bicyclic) bond motifs is 1. The predicted molar refractivity (Wildman–Crippen MR) is 97.9 cm³/mol. The maximum absolute atomic E-state index is 4.61. The number of H-pyrrole nitrogens is 1. The van der Waals surface area contributed by atoms with E-state index in [1.807, 2.05) is 24.4 Å². The number of aromatic nitrogens is 3. The van der Waals surface area contributed by atoms with Gasteiger partial charge in [0.25, 0.3) is 0 Å². The van der Waals surface area contributed by atoms with Crippen LogP contribution in [0.1, 0.15) is 17.0 Å². The SMILES string of the molecule is Cc1ccc(CCc2nc3ncc(-c4ccccc4)cc3[nH]2)cc1. The first-order valence-electron chi connectivity index (χ1n) is 8.23. The number of hydrogen-bond acceptors (Lipinski definition) is 2. The van der Waals surface area contributed by atoms with Crippen molar-refractivity contribution >= 4 is 11.2 Å². The van der Waals surface area contributed by atoms with E-state index in [-0.39, 0.29) is 0 Å². The third kappa shape index (κ3) is 3.06. The lowest BCUT2D eigenvalue weighted by molar-refractivity contribution is 0.888. The molecule has 4 aromatic rings. The molecule has 0 bridgehead atoms. The van der Waals surface area contributed by atoms with Crippen LogP contribution in [0.4, 0.5) is 0 Å². The van der Waals surface area contributed by atoms with Crippen molar-refractivity contribution in [1.29, 1.82) is 0 Å². The molecule has 24 heavy (non-hydrogen) atoms. The molecule has 0 unspecified atom stereocenters. The predicted octanol–water partition coefficient (Wildman–Crippen LogP) is 4.72. The summed E-state index contributed by atoms with van der Waals surface area (Å²) in [4.78, 5) is 12.5. The van der Waals surface area contributed by atoms with Gasteiger partial charge in [0.05, 0.1) is 5.52 Å². The van der Waals surface area contributed by atoms with Crippen molar-refractivity contribution in [3.63, 3.8) is 0 Å². The van der Waals surface area contributed by atoms with E-state index in [1.54, 1.807) is 0 Å². The summed E-state index contributed by atoms with van der Waals surface area (Å²) < 4.78 is 0. The summed E-state index contributed by atoms with van der Waals surface area (Å²) in [5, 5.41) is 0. The Bertz CT molecular complexity index is 953. The minimum absolute atomic E-state index is 0.786. The Kier molecular flexibility index (Phi) is 3.83. The molecule has 0 aliphatic heterocycles.